The van der Waals surface area contributed by atoms with Gasteiger partial charge in [0.1, 0.15) is 5.75 Å². The van der Waals surface area contributed by atoms with Gasteiger partial charge in [-0.15, -0.1) is 0 Å². The maximum Gasteiger partial charge on any atom is 0.328 e. The summed E-state index contributed by atoms with van der Waals surface area (Å²) in [7, 11) is 0. The summed E-state index contributed by atoms with van der Waals surface area (Å²) in [6.45, 7) is 2.97. The molecule has 1 aromatic heterocycles. The van der Waals surface area contributed by atoms with E-state index in [1.807, 2.05) is 0 Å². The third-order valence-electron chi connectivity index (χ3n) is 3.38. The molecule has 0 fully saturated rings. The van der Waals surface area contributed by atoms with Crippen LogP contribution in [0, 0.1) is 0 Å². The molecule has 24 heavy (non-hydrogen) atoms. The van der Waals surface area contributed by atoms with Gasteiger partial charge in [0.25, 0.3) is 5.56 Å². The summed E-state index contributed by atoms with van der Waals surface area (Å²) in [5, 5.41) is 2.76. The van der Waals surface area contributed by atoms with E-state index in [-0.39, 0.29) is 18.9 Å². The summed E-state index contributed by atoms with van der Waals surface area (Å²) in [6.07, 6.45) is 3.58. The molecule has 7 nitrogen and oxygen atoms in total. The molecule has 0 aliphatic heterocycles. The molecular weight excluding hydrogens is 310 g/mol. The summed E-state index contributed by atoms with van der Waals surface area (Å²) in [4.78, 5) is 36.6. The van der Waals surface area contributed by atoms with Crippen molar-refractivity contribution in [2.24, 2.45) is 0 Å². The third-order valence-corrected chi connectivity index (χ3v) is 3.38. The smallest absolute Gasteiger partial charge is 0.328 e. The molecule has 0 unspecified atom stereocenters. The van der Waals surface area contributed by atoms with Gasteiger partial charge in [-0.1, -0.05) is 13.3 Å². The Kier molecular flexibility index (Phi) is 6.36. The molecular formula is C17H21N3O4. The van der Waals surface area contributed by atoms with Crippen LogP contribution in [0.4, 0.5) is 5.69 Å². The number of unbranched alkanes of at least 4 members (excludes halogenated alkanes) is 1. The molecule has 2 aromatic rings. The number of anilines is 1. The fraction of sp³-hybridized carbons (Fsp3) is 0.353. The number of carbonyl (C=O) groups excluding carboxylic acids is 1. The first-order valence-electron chi connectivity index (χ1n) is 7.91. The Bertz CT molecular complexity index is 777. The van der Waals surface area contributed by atoms with Gasteiger partial charge in [-0.2, -0.15) is 0 Å². The molecule has 0 aliphatic carbocycles. The second-order valence-electron chi connectivity index (χ2n) is 5.33. The second kappa shape index (κ2) is 8.71. The molecule has 0 aliphatic rings. The van der Waals surface area contributed by atoms with Crippen molar-refractivity contribution >= 4 is 11.6 Å². The molecule has 7 heteroatoms. The van der Waals surface area contributed by atoms with Crippen molar-refractivity contribution in [1.82, 2.24) is 9.55 Å². The van der Waals surface area contributed by atoms with Gasteiger partial charge in [0.05, 0.1) is 6.61 Å². The van der Waals surface area contributed by atoms with Gasteiger partial charge in [-0.25, -0.2) is 4.79 Å². The van der Waals surface area contributed by atoms with E-state index in [4.69, 9.17) is 4.74 Å². The maximum atomic E-state index is 11.9. The number of aryl methyl sites for hydroxylation is 1. The molecule has 128 valence electrons. The largest absolute Gasteiger partial charge is 0.494 e. The lowest BCUT2D eigenvalue weighted by Crippen LogP contribution is -2.29. The number of aromatic nitrogens is 2. The van der Waals surface area contributed by atoms with Crippen LogP contribution in [0.3, 0.4) is 0 Å². The monoisotopic (exact) mass is 331 g/mol. The van der Waals surface area contributed by atoms with Crippen LogP contribution in [0.1, 0.15) is 26.2 Å². The number of amides is 1. The molecule has 0 saturated heterocycles. The van der Waals surface area contributed by atoms with Crippen LogP contribution in [0.15, 0.2) is 46.1 Å². The van der Waals surface area contributed by atoms with Crippen LogP contribution in [0.2, 0.25) is 0 Å². The molecule has 0 saturated carbocycles. The third kappa shape index (κ3) is 5.42. The number of benzene rings is 1. The van der Waals surface area contributed by atoms with Crippen molar-refractivity contribution in [1.29, 1.82) is 0 Å². The van der Waals surface area contributed by atoms with Gasteiger partial charge in [-0.3, -0.25) is 14.6 Å². The van der Waals surface area contributed by atoms with E-state index >= 15 is 0 Å². The average molecular weight is 331 g/mol. The van der Waals surface area contributed by atoms with E-state index in [9.17, 15) is 14.4 Å². The van der Waals surface area contributed by atoms with Gasteiger partial charge in [0, 0.05) is 30.9 Å². The Balaban J connectivity index is 1.83. The van der Waals surface area contributed by atoms with E-state index in [1.165, 1.54) is 16.8 Å². The molecule has 2 rings (SSSR count). The Morgan fingerprint density at radius 2 is 1.96 bits per heavy atom. The highest BCUT2D eigenvalue weighted by Gasteiger charge is 2.05. The van der Waals surface area contributed by atoms with Crippen LogP contribution >= 0.6 is 0 Å². The van der Waals surface area contributed by atoms with Gasteiger partial charge < -0.3 is 14.6 Å². The number of carbonyl (C=O) groups is 1. The van der Waals surface area contributed by atoms with E-state index in [2.05, 4.69) is 17.2 Å². The van der Waals surface area contributed by atoms with E-state index in [0.717, 1.165) is 18.6 Å². The minimum atomic E-state index is -0.524. The van der Waals surface area contributed by atoms with Crippen LogP contribution in [0.25, 0.3) is 0 Å². The zero-order chi connectivity index (χ0) is 17.4. The van der Waals surface area contributed by atoms with Crippen molar-refractivity contribution in [3.8, 4) is 5.75 Å². The lowest BCUT2D eigenvalue weighted by Gasteiger charge is -2.08. The molecule has 1 amide bonds. The van der Waals surface area contributed by atoms with Gasteiger partial charge in [0.15, 0.2) is 0 Å². The summed E-state index contributed by atoms with van der Waals surface area (Å²) in [5.41, 5.74) is -0.317. The Morgan fingerprint density at radius 1 is 1.21 bits per heavy atom. The van der Waals surface area contributed by atoms with Crippen molar-refractivity contribution in [2.45, 2.75) is 32.7 Å². The molecule has 2 N–H and O–H groups in total. The number of hydrogen-bond acceptors (Lipinski definition) is 4. The minimum absolute atomic E-state index is 0.126. The highest BCUT2D eigenvalue weighted by atomic mass is 16.5. The summed E-state index contributed by atoms with van der Waals surface area (Å²) < 4.78 is 6.84. The predicted molar refractivity (Wildman–Crippen MR) is 91.4 cm³/mol. The summed E-state index contributed by atoms with van der Waals surface area (Å²) >= 11 is 0. The lowest BCUT2D eigenvalue weighted by atomic mass is 10.3. The highest BCUT2D eigenvalue weighted by molar-refractivity contribution is 5.90. The first kappa shape index (κ1) is 17.5. The second-order valence-corrected chi connectivity index (χ2v) is 5.33. The fourth-order valence-corrected chi connectivity index (χ4v) is 2.03. The Labute approximate surface area is 139 Å². The number of aromatic amines is 1. The zero-order valence-electron chi connectivity index (χ0n) is 13.6. The number of hydrogen-bond donors (Lipinski definition) is 2. The zero-order valence-corrected chi connectivity index (χ0v) is 13.6. The van der Waals surface area contributed by atoms with Crippen molar-refractivity contribution in [3.63, 3.8) is 0 Å². The van der Waals surface area contributed by atoms with Crippen molar-refractivity contribution < 1.29 is 9.53 Å². The SMILES string of the molecule is CCCCOc1ccc(NC(=O)CCn2ccc(=O)[nH]c2=O)cc1. The van der Waals surface area contributed by atoms with E-state index in [0.29, 0.717) is 12.3 Å². The average Bonchev–Trinajstić information content (AvgIpc) is 2.56. The molecule has 0 spiro atoms. The van der Waals surface area contributed by atoms with E-state index < -0.39 is 11.2 Å². The number of ether oxygens (including phenoxy) is 1. The number of nitrogens with one attached hydrogen (secondary N) is 2. The van der Waals surface area contributed by atoms with Crippen LogP contribution < -0.4 is 21.3 Å². The van der Waals surface area contributed by atoms with Crippen LogP contribution in [0.5, 0.6) is 5.75 Å². The summed E-state index contributed by atoms with van der Waals surface area (Å²) in [5.74, 6) is 0.550. The Morgan fingerprint density at radius 3 is 2.62 bits per heavy atom. The van der Waals surface area contributed by atoms with Gasteiger partial charge >= 0.3 is 5.69 Å². The lowest BCUT2D eigenvalue weighted by molar-refractivity contribution is -0.116. The topological polar surface area (TPSA) is 93.2 Å². The summed E-state index contributed by atoms with van der Waals surface area (Å²) in [6, 6.07) is 8.39. The molecule has 0 atom stereocenters. The van der Waals surface area contributed by atoms with Crippen molar-refractivity contribution in [2.75, 3.05) is 11.9 Å². The van der Waals surface area contributed by atoms with Gasteiger partial charge in [-0.05, 0) is 30.7 Å². The minimum Gasteiger partial charge on any atom is -0.494 e. The van der Waals surface area contributed by atoms with Gasteiger partial charge in [0.2, 0.25) is 5.91 Å². The molecule has 1 aromatic carbocycles. The molecule has 1 heterocycles. The Hall–Kier alpha value is -2.83. The molecule has 0 bridgehead atoms. The maximum absolute atomic E-state index is 11.9. The molecule has 0 radical (unpaired) electrons. The predicted octanol–water partition coefficient (Wildman–Crippen LogP) is 1.74. The van der Waals surface area contributed by atoms with E-state index in [1.54, 1.807) is 24.3 Å². The van der Waals surface area contributed by atoms with Crippen molar-refractivity contribution in [3.05, 3.63) is 57.4 Å². The van der Waals surface area contributed by atoms with Crippen LogP contribution in [-0.2, 0) is 11.3 Å². The fourth-order valence-electron chi connectivity index (χ4n) is 2.03. The standard InChI is InChI=1S/C17H21N3O4/c1-2-3-12-24-14-6-4-13(5-7-14)18-15(21)8-10-20-11-9-16(22)19-17(20)23/h4-7,9,11H,2-3,8,10,12H2,1H3,(H,18,21)(H,19,22,23). The van der Waals surface area contributed by atoms with Crippen LogP contribution in [-0.4, -0.2) is 22.1 Å². The number of nitrogens with zero attached hydrogens (tertiary/aromatic N) is 1. The number of rotatable bonds is 8. The number of H-pyrrole nitrogens is 1. The highest BCUT2D eigenvalue weighted by Crippen LogP contribution is 2.16. The first-order valence-corrected chi connectivity index (χ1v) is 7.91. The first-order chi connectivity index (χ1) is 11.6. The normalized spacial score (nSPS) is 10.4. The quantitative estimate of drug-likeness (QED) is 0.721.